The van der Waals surface area contributed by atoms with E-state index in [1.54, 1.807) is 43.4 Å². The van der Waals surface area contributed by atoms with Gasteiger partial charge in [-0.2, -0.15) is 0 Å². The van der Waals surface area contributed by atoms with Crippen molar-refractivity contribution in [3.8, 4) is 11.5 Å². The fourth-order valence-corrected chi connectivity index (χ4v) is 3.39. The fraction of sp³-hybridized carbons (Fsp3) is 0.417. The Hall–Kier alpha value is -2.93. The lowest BCUT2D eigenvalue weighted by Gasteiger charge is -2.28. The van der Waals surface area contributed by atoms with Crippen molar-refractivity contribution < 1.29 is 19.1 Å². The van der Waals surface area contributed by atoms with Crippen LogP contribution in [0.25, 0.3) is 0 Å². The third-order valence-electron chi connectivity index (χ3n) is 5.22. The number of methoxy groups -OCH3 is 2. The number of rotatable bonds is 11. The highest BCUT2D eigenvalue weighted by Gasteiger charge is 2.20. The van der Waals surface area contributed by atoms with Crippen LogP contribution in [0.15, 0.2) is 42.5 Å². The normalized spacial score (nSPS) is 11.4. The van der Waals surface area contributed by atoms with Gasteiger partial charge in [-0.3, -0.25) is 4.79 Å². The van der Waals surface area contributed by atoms with E-state index < -0.39 is 0 Å². The van der Waals surface area contributed by atoms with Crippen molar-refractivity contribution in [1.29, 1.82) is 0 Å². The number of hydrogen-bond donors (Lipinski definition) is 2. The summed E-state index contributed by atoms with van der Waals surface area (Å²) >= 11 is 5.99. The Labute approximate surface area is 195 Å². The Balaban J connectivity index is 1.85. The van der Waals surface area contributed by atoms with Crippen LogP contribution in [0.5, 0.6) is 11.5 Å². The largest absolute Gasteiger partial charge is 0.493 e. The molecule has 0 aliphatic rings. The number of anilines is 1. The first-order chi connectivity index (χ1) is 15.4. The average Bonchev–Trinajstić information content (AvgIpc) is 2.78. The summed E-state index contributed by atoms with van der Waals surface area (Å²) < 4.78 is 10.6. The molecule has 0 heterocycles. The van der Waals surface area contributed by atoms with Crippen molar-refractivity contribution in [2.45, 2.75) is 39.2 Å². The van der Waals surface area contributed by atoms with Crippen LogP contribution in [0, 0.1) is 0 Å². The highest BCUT2D eigenvalue weighted by molar-refractivity contribution is 6.30. The number of amides is 3. The summed E-state index contributed by atoms with van der Waals surface area (Å²) in [5, 5.41) is 6.32. The maximum absolute atomic E-state index is 12.8. The first-order valence-electron chi connectivity index (χ1n) is 10.7. The summed E-state index contributed by atoms with van der Waals surface area (Å²) in [7, 11) is 3.19. The summed E-state index contributed by atoms with van der Waals surface area (Å²) in [6, 6.07) is 12.4. The zero-order valence-corrected chi connectivity index (χ0v) is 19.9. The van der Waals surface area contributed by atoms with Crippen molar-refractivity contribution in [2.75, 3.05) is 32.6 Å². The molecule has 2 aromatic carbocycles. The molecular weight excluding hydrogens is 430 g/mol. The maximum Gasteiger partial charge on any atom is 0.322 e. The Morgan fingerprint density at radius 1 is 1.09 bits per heavy atom. The fourth-order valence-electron chi connectivity index (χ4n) is 3.20. The molecule has 0 aliphatic heterocycles. The molecule has 0 saturated heterocycles. The van der Waals surface area contributed by atoms with Gasteiger partial charge in [0.05, 0.1) is 14.2 Å². The van der Waals surface area contributed by atoms with Gasteiger partial charge in [0, 0.05) is 36.3 Å². The molecule has 174 valence electrons. The molecule has 2 rings (SSSR count). The van der Waals surface area contributed by atoms with Gasteiger partial charge in [-0.15, -0.1) is 0 Å². The van der Waals surface area contributed by atoms with Crippen molar-refractivity contribution >= 4 is 29.2 Å². The maximum atomic E-state index is 12.8. The second kappa shape index (κ2) is 12.8. The Kier molecular flexibility index (Phi) is 10.1. The molecule has 0 radical (unpaired) electrons. The van der Waals surface area contributed by atoms with Gasteiger partial charge in [-0.05, 0) is 55.7 Å². The second-order valence-corrected chi connectivity index (χ2v) is 7.87. The minimum absolute atomic E-state index is 0.00579. The molecule has 1 unspecified atom stereocenters. The van der Waals surface area contributed by atoms with E-state index in [9.17, 15) is 9.59 Å². The summed E-state index contributed by atoms with van der Waals surface area (Å²) in [6.45, 7) is 4.79. The van der Waals surface area contributed by atoms with E-state index in [1.807, 2.05) is 32.0 Å². The lowest BCUT2D eigenvalue weighted by Crippen LogP contribution is -2.43. The third kappa shape index (κ3) is 7.64. The molecule has 0 bridgehead atoms. The van der Waals surface area contributed by atoms with E-state index in [-0.39, 0.29) is 24.4 Å². The monoisotopic (exact) mass is 461 g/mol. The number of benzene rings is 2. The van der Waals surface area contributed by atoms with Crippen LogP contribution in [-0.4, -0.2) is 50.2 Å². The standard InChI is InChI=1S/C24H32ClN3O4/c1-5-17(2)28(24(30)27-20-8-6-7-19(25)16-20)14-12-23(29)26-13-11-18-9-10-21(31-3)22(15-18)32-4/h6-10,15-17H,5,11-14H2,1-4H3,(H,26,29)(H,27,30). The predicted molar refractivity (Wildman–Crippen MR) is 128 cm³/mol. The molecule has 7 nitrogen and oxygen atoms in total. The minimum Gasteiger partial charge on any atom is -0.493 e. The first kappa shape index (κ1) is 25.3. The van der Waals surface area contributed by atoms with Gasteiger partial charge in [-0.1, -0.05) is 30.7 Å². The summed E-state index contributed by atoms with van der Waals surface area (Å²) in [5.74, 6) is 1.22. The summed E-state index contributed by atoms with van der Waals surface area (Å²) in [6.07, 6.45) is 1.67. The van der Waals surface area contributed by atoms with E-state index in [4.69, 9.17) is 21.1 Å². The van der Waals surface area contributed by atoms with Crippen molar-refractivity contribution in [3.63, 3.8) is 0 Å². The Morgan fingerprint density at radius 3 is 2.50 bits per heavy atom. The van der Waals surface area contributed by atoms with Gasteiger partial charge in [0.2, 0.25) is 5.91 Å². The quantitative estimate of drug-likeness (QED) is 0.506. The van der Waals surface area contributed by atoms with Crippen LogP contribution in [0.1, 0.15) is 32.3 Å². The van der Waals surface area contributed by atoms with Crippen LogP contribution in [0.3, 0.4) is 0 Å². The van der Waals surface area contributed by atoms with Gasteiger partial charge >= 0.3 is 6.03 Å². The Bertz CT molecular complexity index is 907. The zero-order valence-electron chi connectivity index (χ0n) is 19.1. The highest BCUT2D eigenvalue weighted by atomic mass is 35.5. The third-order valence-corrected chi connectivity index (χ3v) is 5.46. The van der Waals surface area contributed by atoms with E-state index in [2.05, 4.69) is 10.6 Å². The van der Waals surface area contributed by atoms with E-state index >= 15 is 0 Å². The molecule has 0 spiro atoms. The zero-order chi connectivity index (χ0) is 23.5. The molecule has 8 heteroatoms. The number of ether oxygens (including phenoxy) is 2. The molecule has 0 fully saturated rings. The van der Waals surface area contributed by atoms with Crippen LogP contribution in [0.4, 0.5) is 10.5 Å². The van der Waals surface area contributed by atoms with Crippen molar-refractivity contribution in [1.82, 2.24) is 10.2 Å². The van der Waals surface area contributed by atoms with Crippen molar-refractivity contribution in [2.24, 2.45) is 0 Å². The molecule has 0 saturated carbocycles. The van der Waals surface area contributed by atoms with Gasteiger partial charge in [0.25, 0.3) is 0 Å². The van der Waals surface area contributed by atoms with Gasteiger partial charge < -0.3 is 25.0 Å². The Morgan fingerprint density at radius 2 is 1.84 bits per heavy atom. The number of halogens is 1. The highest BCUT2D eigenvalue weighted by Crippen LogP contribution is 2.27. The van der Waals surface area contributed by atoms with Crippen LogP contribution >= 0.6 is 11.6 Å². The lowest BCUT2D eigenvalue weighted by molar-refractivity contribution is -0.121. The number of urea groups is 1. The molecule has 2 aromatic rings. The molecular formula is C24H32ClN3O4. The van der Waals surface area contributed by atoms with E-state index in [0.717, 1.165) is 12.0 Å². The number of hydrogen-bond acceptors (Lipinski definition) is 4. The number of carbonyl (C=O) groups is 2. The topological polar surface area (TPSA) is 79.9 Å². The van der Waals surface area contributed by atoms with Crippen LogP contribution in [0.2, 0.25) is 5.02 Å². The van der Waals surface area contributed by atoms with Crippen LogP contribution in [-0.2, 0) is 11.2 Å². The number of nitrogens with zero attached hydrogens (tertiary/aromatic N) is 1. The molecule has 0 aromatic heterocycles. The SMILES string of the molecule is CCC(C)N(CCC(=O)NCCc1ccc(OC)c(OC)c1)C(=O)Nc1cccc(Cl)c1. The number of nitrogens with one attached hydrogen (secondary N) is 2. The van der Waals surface area contributed by atoms with Crippen LogP contribution < -0.4 is 20.1 Å². The molecule has 2 N–H and O–H groups in total. The van der Waals surface area contributed by atoms with E-state index in [0.29, 0.717) is 41.7 Å². The van der Waals surface area contributed by atoms with E-state index in [1.165, 1.54) is 0 Å². The van der Waals surface area contributed by atoms with Gasteiger partial charge in [0.1, 0.15) is 0 Å². The minimum atomic E-state index is -0.250. The lowest BCUT2D eigenvalue weighted by atomic mass is 10.1. The molecule has 1 atom stereocenters. The summed E-state index contributed by atoms with van der Waals surface area (Å²) in [4.78, 5) is 26.8. The first-order valence-corrected chi connectivity index (χ1v) is 11.1. The molecule has 32 heavy (non-hydrogen) atoms. The second-order valence-electron chi connectivity index (χ2n) is 7.43. The number of carbonyl (C=O) groups excluding carboxylic acids is 2. The molecule has 3 amide bonds. The predicted octanol–water partition coefficient (Wildman–Crippen LogP) is 4.74. The summed E-state index contributed by atoms with van der Waals surface area (Å²) in [5.41, 5.74) is 1.65. The smallest absolute Gasteiger partial charge is 0.322 e. The average molecular weight is 462 g/mol. The van der Waals surface area contributed by atoms with Gasteiger partial charge in [-0.25, -0.2) is 4.79 Å². The van der Waals surface area contributed by atoms with Gasteiger partial charge in [0.15, 0.2) is 11.5 Å². The molecule has 0 aliphatic carbocycles. The van der Waals surface area contributed by atoms with Crippen molar-refractivity contribution in [3.05, 3.63) is 53.1 Å².